The highest BCUT2D eigenvalue weighted by Gasteiger charge is 2.20. The molecule has 0 aliphatic rings. The molecule has 136 valence electrons. The summed E-state index contributed by atoms with van der Waals surface area (Å²) in [5.74, 6) is -0.0658. The molecule has 1 N–H and O–H groups in total. The molecule has 3 aromatic rings. The van der Waals surface area contributed by atoms with Crippen molar-refractivity contribution in [2.75, 3.05) is 0 Å². The van der Waals surface area contributed by atoms with Crippen molar-refractivity contribution in [2.45, 2.75) is 32.7 Å². The molecule has 0 aliphatic heterocycles. The van der Waals surface area contributed by atoms with Crippen LogP contribution in [0.15, 0.2) is 42.5 Å². The first-order chi connectivity index (χ1) is 12.4. The third-order valence-electron chi connectivity index (χ3n) is 4.81. The summed E-state index contributed by atoms with van der Waals surface area (Å²) < 4.78 is 1.93. The molecular weight excluding hydrogens is 367 g/mol. The van der Waals surface area contributed by atoms with E-state index in [2.05, 4.69) is 5.32 Å². The quantitative estimate of drug-likeness (QED) is 0.610. The summed E-state index contributed by atoms with van der Waals surface area (Å²) in [4.78, 5) is 12.8. The monoisotopic (exact) mass is 388 g/mol. The lowest BCUT2D eigenvalue weighted by Crippen LogP contribution is -2.34. The molecule has 5 heteroatoms. The van der Waals surface area contributed by atoms with Crippen LogP contribution >= 0.6 is 23.2 Å². The van der Waals surface area contributed by atoms with Gasteiger partial charge in [0.1, 0.15) is 5.69 Å². The van der Waals surface area contributed by atoms with Crippen molar-refractivity contribution in [1.82, 2.24) is 9.88 Å². The molecule has 3 nitrogen and oxygen atoms in total. The van der Waals surface area contributed by atoms with E-state index < -0.39 is 0 Å². The first kappa shape index (κ1) is 18.8. The van der Waals surface area contributed by atoms with E-state index in [4.69, 9.17) is 23.2 Å². The number of hydrogen-bond donors (Lipinski definition) is 1. The van der Waals surface area contributed by atoms with Crippen LogP contribution in [0.2, 0.25) is 10.0 Å². The molecule has 1 amide bonds. The lowest BCUT2D eigenvalue weighted by Gasteiger charge is -2.15. The van der Waals surface area contributed by atoms with E-state index in [0.717, 1.165) is 39.9 Å². The fraction of sp³-hybridized carbons (Fsp3) is 0.286. The maximum Gasteiger partial charge on any atom is 0.268 e. The minimum absolute atomic E-state index is 0.0415. The van der Waals surface area contributed by atoms with Gasteiger partial charge in [0.15, 0.2) is 0 Å². The summed E-state index contributed by atoms with van der Waals surface area (Å²) >= 11 is 12.3. The van der Waals surface area contributed by atoms with Gasteiger partial charge in [-0.3, -0.25) is 4.79 Å². The van der Waals surface area contributed by atoms with E-state index in [9.17, 15) is 4.79 Å². The predicted molar refractivity (Wildman–Crippen MR) is 109 cm³/mol. The number of nitrogens with zero attached hydrogens (tertiary/aromatic N) is 1. The average molecular weight is 389 g/mol. The molecule has 26 heavy (non-hydrogen) atoms. The number of carbonyl (C=O) groups is 1. The van der Waals surface area contributed by atoms with Gasteiger partial charge >= 0.3 is 0 Å². The minimum Gasteiger partial charge on any atom is -0.348 e. The van der Waals surface area contributed by atoms with Crippen LogP contribution in [0.4, 0.5) is 0 Å². The number of rotatable bonds is 5. The van der Waals surface area contributed by atoms with Crippen LogP contribution in [0.1, 0.15) is 35.0 Å². The second-order valence-corrected chi connectivity index (χ2v) is 7.54. The molecule has 1 atom stereocenters. The second kappa shape index (κ2) is 7.73. The van der Waals surface area contributed by atoms with Crippen LogP contribution in [0.5, 0.6) is 0 Å². The Balaban J connectivity index is 1.74. The summed E-state index contributed by atoms with van der Waals surface area (Å²) in [6.07, 6.45) is 1.65. The third kappa shape index (κ3) is 3.74. The van der Waals surface area contributed by atoms with E-state index in [1.54, 1.807) is 0 Å². The standard InChI is InChI=1S/C21H22Cl2N2O/c1-13(8-9-15-6-4-5-7-18(15)23)24-21(26)20-14(2)17-12-16(22)10-11-19(17)25(20)3/h4-7,10-13H,8-9H2,1-3H3,(H,24,26)/t13-/m0/s1. The number of aromatic nitrogens is 1. The lowest BCUT2D eigenvalue weighted by atomic mass is 10.1. The SMILES string of the molecule is Cc1c(C(=O)N[C@@H](C)CCc2ccccc2Cl)n(C)c2ccc(Cl)cc12. The van der Waals surface area contributed by atoms with Crippen LogP contribution in [0.3, 0.4) is 0 Å². The number of amides is 1. The fourth-order valence-corrected chi connectivity index (χ4v) is 3.76. The van der Waals surface area contributed by atoms with Gasteiger partial charge in [-0.25, -0.2) is 0 Å². The highest BCUT2D eigenvalue weighted by Crippen LogP contribution is 2.27. The highest BCUT2D eigenvalue weighted by molar-refractivity contribution is 6.31. The molecule has 0 aliphatic carbocycles. The lowest BCUT2D eigenvalue weighted by molar-refractivity contribution is 0.0930. The van der Waals surface area contributed by atoms with Crippen molar-refractivity contribution in [3.05, 3.63) is 69.3 Å². The molecule has 0 unspecified atom stereocenters. The van der Waals surface area contributed by atoms with Crippen molar-refractivity contribution in [3.63, 3.8) is 0 Å². The number of halogens is 2. The number of benzene rings is 2. The Hall–Kier alpha value is -1.97. The van der Waals surface area contributed by atoms with Gasteiger partial charge in [0, 0.05) is 34.0 Å². The molecular formula is C21H22Cl2N2O. The number of hydrogen-bond acceptors (Lipinski definition) is 1. The zero-order valence-corrected chi connectivity index (χ0v) is 16.7. The number of fused-ring (bicyclic) bond motifs is 1. The van der Waals surface area contributed by atoms with Gasteiger partial charge in [-0.05, 0) is 62.1 Å². The molecule has 1 heterocycles. The zero-order chi connectivity index (χ0) is 18.8. The van der Waals surface area contributed by atoms with Gasteiger partial charge < -0.3 is 9.88 Å². The number of carbonyl (C=O) groups excluding carboxylic acids is 1. The summed E-state index contributed by atoms with van der Waals surface area (Å²) in [7, 11) is 1.91. The summed E-state index contributed by atoms with van der Waals surface area (Å²) in [6, 6.07) is 13.6. The van der Waals surface area contributed by atoms with Gasteiger partial charge in [0.05, 0.1) is 0 Å². The van der Waals surface area contributed by atoms with Crippen LogP contribution in [-0.4, -0.2) is 16.5 Å². The first-order valence-corrected chi connectivity index (χ1v) is 9.43. The smallest absolute Gasteiger partial charge is 0.268 e. The van der Waals surface area contributed by atoms with Crippen molar-refractivity contribution in [2.24, 2.45) is 7.05 Å². The molecule has 0 fully saturated rings. The Morgan fingerprint density at radius 3 is 2.65 bits per heavy atom. The van der Waals surface area contributed by atoms with Gasteiger partial charge in [-0.2, -0.15) is 0 Å². The Kier molecular flexibility index (Phi) is 5.59. The van der Waals surface area contributed by atoms with Crippen LogP contribution in [0.25, 0.3) is 10.9 Å². The third-order valence-corrected chi connectivity index (χ3v) is 5.42. The second-order valence-electron chi connectivity index (χ2n) is 6.70. The summed E-state index contributed by atoms with van der Waals surface area (Å²) in [6.45, 7) is 3.98. The Bertz CT molecular complexity index is 962. The average Bonchev–Trinajstić information content (AvgIpc) is 2.84. The van der Waals surface area contributed by atoms with E-state index in [1.807, 2.05) is 67.9 Å². The highest BCUT2D eigenvalue weighted by atomic mass is 35.5. The van der Waals surface area contributed by atoms with Gasteiger partial charge in [-0.15, -0.1) is 0 Å². The summed E-state index contributed by atoms with van der Waals surface area (Å²) in [5, 5.41) is 5.56. The topological polar surface area (TPSA) is 34.0 Å². The molecule has 0 bridgehead atoms. The minimum atomic E-state index is -0.0658. The molecule has 0 saturated carbocycles. The number of aryl methyl sites for hydroxylation is 3. The molecule has 0 saturated heterocycles. The van der Waals surface area contributed by atoms with Crippen molar-refractivity contribution < 1.29 is 4.79 Å². The van der Waals surface area contributed by atoms with E-state index in [-0.39, 0.29) is 11.9 Å². The first-order valence-electron chi connectivity index (χ1n) is 8.67. The largest absolute Gasteiger partial charge is 0.348 e. The molecule has 1 aromatic heterocycles. The Morgan fingerprint density at radius 2 is 1.92 bits per heavy atom. The Labute approximate surface area is 163 Å². The van der Waals surface area contributed by atoms with Crippen molar-refractivity contribution in [3.8, 4) is 0 Å². The Morgan fingerprint density at radius 1 is 1.19 bits per heavy atom. The van der Waals surface area contributed by atoms with E-state index in [1.165, 1.54) is 0 Å². The normalized spacial score (nSPS) is 12.3. The number of nitrogens with one attached hydrogen (secondary N) is 1. The molecule has 0 radical (unpaired) electrons. The van der Waals surface area contributed by atoms with Gasteiger partial charge in [-0.1, -0.05) is 41.4 Å². The van der Waals surface area contributed by atoms with Crippen LogP contribution < -0.4 is 5.32 Å². The van der Waals surface area contributed by atoms with Crippen molar-refractivity contribution in [1.29, 1.82) is 0 Å². The molecule has 3 rings (SSSR count). The van der Waals surface area contributed by atoms with E-state index in [0.29, 0.717) is 10.7 Å². The summed E-state index contributed by atoms with van der Waals surface area (Å²) in [5.41, 5.74) is 3.72. The van der Waals surface area contributed by atoms with Crippen molar-refractivity contribution >= 4 is 40.0 Å². The van der Waals surface area contributed by atoms with Crippen LogP contribution in [-0.2, 0) is 13.5 Å². The predicted octanol–water partition coefficient (Wildman–Crippen LogP) is 5.54. The zero-order valence-electron chi connectivity index (χ0n) is 15.1. The molecule has 0 spiro atoms. The maximum absolute atomic E-state index is 12.8. The van der Waals surface area contributed by atoms with Crippen LogP contribution in [0, 0.1) is 6.92 Å². The fourth-order valence-electron chi connectivity index (χ4n) is 3.36. The molecule has 2 aromatic carbocycles. The van der Waals surface area contributed by atoms with Gasteiger partial charge in [0.2, 0.25) is 0 Å². The van der Waals surface area contributed by atoms with Gasteiger partial charge in [0.25, 0.3) is 5.91 Å². The van der Waals surface area contributed by atoms with E-state index >= 15 is 0 Å². The maximum atomic E-state index is 12.8.